The van der Waals surface area contributed by atoms with Crippen molar-refractivity contribution in [3.8, 4) is 0 Å². The minimum Gasteiger partial charge on any atom is -0.466 e. The molecule has 0 aliphatic carbocycles. The zero-order valence-electron chi connectivity index (χ0n) is 20.6. The molecule has 8 nitrogen and oxygen atoms in total. The summed E-state index contributed by atoms with van der Waals surface area (Å²) in [5.41, 5.74) is 2.08. The molecule has 0 radical (unpaired) electrons. The molecule has 194 valence electrons. The average molecular weight is 535 g/mol. The van der Waals surface area contributed by atoms with E-state index in [1.54, 1.807) is 24.3 Å². The molecule has 0 fully saturated rings. The Hall–Kier alpha value is -3.10. The lowest BCUT2D eigenvalue weighted by Crippen LogP contribution is -2.43. The summed E-state index contributed by atoms with van der Waals surface area (Å²) in [6, 6.07) is 15.6. The smallest absolute Gasteiger partial charge is 0.246 e. The summed E-state index contributed by atoms with van der Waals surface area (Å²) in [6.07, 6.45) is 1.15. The standard InChI is InChI=1S/C26H32Cl2N4O4/c1-17(33)30-16-8-7-11-22(31-18(2)34)24(35)32-21-14-12-20(13-15-21)23(19-9-5-4-6-10-19)36-25(29)26(3,27)28/h4-6,9-10,12-15,22-23,29H,7-8,11,16H2,1-3H3,(H,30,33)(H,31,34)(H,32,35). The van der Waals surface area contributed by atoms with Gasteiger partial charge in [-0.1, -0.05) is 65.7 Å². The maximum Gasteiger partial charge on any atom is 0.246 e. The molecule has 10 heteroatoms. The molecule has 36 heavy (non-hydrogen) atoms. The van der Waals surface area contributed by atoms with Crippen molar-refractivity contribution >= 4 is 52.5 Å². The number of halogens is 2. The molecule has 2 rings (SSSR count). The lowest BCUT2D eigenvalue weighted by molar-refractivity contribution is -0.125. The van der Waals surface area contributed by atoms with Gasteiger partial charge in [0, 0.05) is 26.1 Å². The van der Waals surface area contributed by atoms with Crippen LogP contribution in [-0.2, 0) is 19.1 Å². The summed E-state index contributed by atoms with van der Waals surface area (Å²) in [7, 11) is 0. The topological polar surface area (TPSA) is 120 Å². The lowest BCUT2D eigenvalue weighted by atomic mass is 10.0. The van der Waals surface area contributed by atoms with Gasteiger partial charge < -0.3 is 20.7 Å². The molecule has 2 unspecified atom stereocenters. The number of rotatable bonds is 12. The van der Waals surface area contributed by atoms with Crippen molar-refractivity contribution < 1.29 is 19.1 Å². The van der Waals surface area contributed by atoms with Gasteiger partial charge in [0.1, 0.15) is 6.04 Å². The first kappa shape index (κ1) is 29.1. The fourth-order valence-corrected chi connectivity index (χ4v) is 3.49. The van der Waals surface area contributed by atoms with Crippen molar-refractivity contribution in [1.82, 2.24) is 10.6 Å². The number of ether oxygens (including phenoxy) is 1. The lowest BCUT2D eigenvalue weighted by Gasteiger charge is -2.24. The molecule has 2 aromatic carbocycles. The van der Waals surface area contributed by atoms with Crippen LogP contribution in [0.25, 0.3) is 0 Å². The van der Waals surface area contributed by atoms with Crippen molar-refractivity contribution in [3.05, 3.63) is 65.7 Å². The molecule has 0 saturated carbocycles. The number of hydrogen-bond acceptors (Lipinski definition) is 5. The van der Waals surface area contributed by atoms with Gasteiger partial charge in [0.25, 0.3) is 0 Å². The fraction of sp³-hybridized carbons (Fsp3) is 0.385. The third-order valence-electron chi connectivity index (χ3n) is 5.21. The maximum absolute atomic E-state index is 12.8. The van der Waals surface area contributed by atoms with Crippen molar-refractivity contribution in [2.75, 3.05) is 11.9 Å². The van der Waals surface area contributed by atoms with Crippen LogP contribution in [0.4, 0.5) is 5.69 Å². The highest BCUT2D eigenvalue weighted by Gasteiger charge is 2.29. The SMILES string of the molecule is CC(=O)NCCCCC(NC(C)=O)C(=O)Nc1ccc(C(OC(=N)C(C)(Cl)Cl)c2ccccc2)cc1. The van der Waals surface area contributed by atoms with Gasteiger partial charge in [0.15, 0.2) is 10.4 Å². The van der Waals surface area contributed by atoms with Crippen LogP contribution in [0.15, 0.2) is 54.6 Å². The van der Waals surface area contributed by atoms with E-state index in [-0.39, 0.29) is 23.6 Å². The molecular formula is C26H32Cl2N4O4. The first-order valence-electron chi connectivity index (χ1n) is 11.6. The van der Waals surface area contributed by atoms with E-state index in [2.05, 4.69) is 16.0 Å². The summed E-state index contributed by atoms with van der Waals surface area (Å²) in [6.45, 7) is 4.79. The Bertz CT molecular complexity index is 1040. The third kappa shape index (κ3) is 9.87. The van der Waals surface area contributed by atoms with Gasteiger partial charge in [-0.15, -0.1) is 0 Å². The number of benzene rings is 2. The van der Waals surface area contributed by atoms with Crippen molar-refractivity contribution in [3.63, 3.8) is 0 Å². The normalized spacial score (nSPS) is 12.7. The largest absolute Gasteiger partial charge is 0.466 e. The Morgan fingerprint density at radius 2 is 1.56 bits per heavy atom. The van der Waals surface area contributed by atoms with Crippen molar-refractivity contribution in [1.29, 1.82) is 5.41 Å². The van der Waals surface area contributed by atoms with Gasteiger partial charge in [0.05, 0.1) is 0 Å². The Morgan fingerprint density at radius 3 is 2.11 bits per heavy atom. The minimum absolute atomic E-state index is 0.106. The molecule has 0 aliphatic heterocycles. The maximum atomic E-state index is 12.8. The van der Waals surface area contributed by atoms with Gasteiger partial charge in [-0.05, 0) is 49.4 Å². The van der Waals surface area contributed by atoms with E-state index in [1.807, 2.05) is 30.3 Å². The zero-order valence-corrected chi connectivity index (χ0v) is 22.1. The zero-order chi connectivity index (χ0) is 26.7. The van der Waals surface area contributed by atoms with Crippen LogP contribution in [0, 0.1) is 5.41 Å². The van der Waals surface area contributed by atoms with Crippen LogP contribution in [0.5, 0.6) is 0 Å². The summed E-state index contributed by atoms with van der Waals surface area (Å²) in [5, 5.41) is 16.3. The molecular weight excluding hydrogens is 503 g/mol. The van der Waals surface area contributed by atoms with Gasteiger partial charge >= 0.3 is 0 Å². The molecule has 2 atom stereocenters. The predicted octanol–water partition coefficient (Wildman–Crippen LogP) is 4.71. The van der Waals surface area contributed by atoms with E-state index in [4.69, 9.17) is 33.3 Å². The number of amides is 3. The van der Waals surface area contributed by atoms with E-state index in [1.165, 1.54) is 20.8 Å². The highest BCUT2D eigenvalue weighted by Crippen LogP contribution is 2.31. The van der Waals surface area contributed by atoms with Crippen LogP contribution in [0.3, 0.4) is 0 Å². The molecule has 0 spiro atoms. The van der Waals surface area contributed by atoms with Crippen LogP contribution in [0.1, 0.15) is 57.3 Å². The Kier molecular flexibility index (Phi) is 11.2. The molecule has 0 saturated heterocycles. The number of unbranched alkanes of at least 4 members (excludes halogenated alkanes) is 1. The van der Waals surface area contributed by atoms with Crippen molar-refractivity contribution in [2.24, 2.45) is 0 Å². The van der Waals surface area contributed by atoms with E-state index < -0.39 is 16.5 Å². The first-order valence-corrected chi connectivity index (χ1v) is 12.3. The third-order valence-corrected chi connectivity index (χ3v) is 5.55. The molecule has 0 aromatic heterocycles. The number of carbonyl (C=O) groups is 3. The summed E-state index contributed by atoms with van der Waals surface area (Å²) < 4.78 is 4.34. The summed E-state index contributed by atoms with van der Waals surface area (Å²) >= 11 is 12.1. The van der Waals surface area contributed by atoms with Gasteiger partial charge in [0.2, 0.25) is 23.6 Å². The molecule has 2 aromatic rings. The fourth-order valence-electron chi connectivity index (χ4n) is 3.40. The monoisotopic (exact) mass is 534 g/mol. The van der Waals surface area contributed by atoms with Crippen LogP contribution in [0.2, 0.25) is 0 Å². The summed E-state index contributed by atoms with van der Waals surface area (Å²) in [5.74, 6) is -1.03. The molecule has 0 aliphatic rings. The number of hydrogen-bond donors (Lipinski definition) is 4. The van der Waals surface area contributed by atoms with E-state index in [9.17, 15) is 14.4 Å². The Labute approximate surface area is 221 Å². The summed E-state index contributed by atoms with van der Waals surface area (Å²) in [4.78, 5) is 35.4. The van der Waals surface area contributed by atoms with E-state index in [0.717, 1.165) is 11.1 Å². The van der Waals surface area contributed by atoms with Crippen LogP contribution < -0.4 is 16.0 Å². The number of carbonyl (C=O) groups excluding carboxylic acids is 3. The quantitative estimate of drug-likeness (QED) is 0.136. The second-order valence-corrected chi connectivity index (χ2v) is 10.2. The number of alkyl halides is 2. The van der Waals surface area contributed by atoms with E-state index in [0.29, 0.717) is 31.5 Å². The van der Waals surface area contributed by atoms with Gasteiger partial charge in [-0.3, -0.25) is 19.8 Å². The van der Waals surface area contributed by atoms with Crippen LogP contribution in [-0.4, -0.2) is 40.5 Å². The highest BCUT2D eigenvalue weighted by molar-refractivity contribution is 6.57. The van der Waals surface area contributed by atoms with Gasteiger partial charge in [-0.25, -0.2) is 0 Å². The first-order chi connectivity index (χ1) is 17.0. The predicted molar refractivity (Wildman–Crippen MR) is 142 cm³/mol. The Balaban J connectivity index is 2.10. The van der Waals surface area contributed by atoms with E-state index >= 15 is 0 Å². The average Bonchev–Trinajstić information content (AvgIpc) is 2.81. The molecule has 0 bridgehead atoms. The number of anilines is 1. The number of nitrogens with one attached hydrogen (secondary N) is 4. The van der Waals surface area contributed by atoms with Crippen molar-refractivity contribution in [2.45, 2.75) is 56.5 Å². The second-order valence-electron chi connectivity index (χ2n) is 8.47. The molecule has 4 N–H and O–H groups in total. The minimum atomic E-state index is -1.48. The Morgan fingerprint density at radius 1 is 0.944 bits per heavy atom. The molecule has 3 amide bonds. The van der Waals surface area contributed by atoms with Gasteiger partial charge in [-0.2, -0.15) is 0 Å². The molecule has 0 heterocycles. The second kappa shape index (κ2) is 13.8. The highest BCUT2D eigenvalue weighted by atomic mass is 35.5. The van der Waals surface area contributed by atoms with Crippen LogP contribution >= 0.6 is 23.2 Å².